The topological polar surface area (TPSA) is 107 Å². The first-order valence-corrected chi connectivity index (χ1v) is 9.16. The van der Waals surface area contributed by atoms with Crippen molar-refractivity contribution in [3.05, 3.63) is 24.3 Å². The van der Waals surface area contributed by atoms with Crippen molar-refractivity contribution in [3.8, 4) is 11.5 Å². The van der Waals surface area contributed by atoms with Crippen molar-refractivity contribution in [2.45, 2.75) is 17.4 Å². The number of amides is 1. The molecule has 10 heteroatoms. The summed E-state index contributed by atoms with van der Waals surface area (Å²) in [6, 6.07) is 6.93. The maximum absolute atomic E-state index is 12.1. The Kier molecular flexibility index (Phi) is 5.16. The summed E-state index contributed by atoms with van der Waals surface area (Å²) < 4.78 is 33.2. The van der Waals surface area contributed by atoms with Crippen LogP contribution in [0.15, 0.2) is 28.6 Å². The Labute approximate surface area is 137 Å². The molecule has 0 aliphatic heterocycles. The molecule has 0 spiro atoms. The van der Waals surface area contributed by atoms with Crippen LogP contribution >= 0.6 is 11.3 Å². The lowest BCUT2D eigenvalue weighted by molar-refractivity contribution is -0.122. The van der Waals surface area contributed by atoms with Crippen LogP contribution in [0.3, 0.4) is 0 Å². The van der Waals surface area contributed by atoms with E-state index in [4.69, 9.17) is 9.47 Å². The minimum atomic E-state index is -3.45. The van der Waals surface area contributed by atoms with Crippen LogP contribution in [0.5, 0.6) is 11.5 Å². The lowest BCUT2D eigenvalue weighted by Crippen LogP contribution is -2.30. The van der Waals surface area contributed by atoms with Gasteiger partial charge in [-0.05, 0) is 19.1 Å². The van der Waals surface area contributed by atoms with Crippen LogP contribution in [-0.2, 0) is 14.6 Å². The summed E-state index contributed by atoms with van der Waals surface area (Å²) in [5.74, 6) is 0.446. The van der Waals surface area contributed by atoms with Gasteiger partial charge in [-0.25, -0.2) is 8.42 Å². The fourth-order valence-corrected chi connectivity index (χ4v) is 3.09. The van der Waals surface area contributed by atoms with Crippen molar-refractivity contribution in [2.75, 3.05) is 18.7 Å². The molecule has 1 atom stereocenters. The van der Waals surface area contributed by atoms with Crippen molar-refractivity contribution in [2.24, 2.45) is 0 Å². The summed E-state index contributed by atoms with van der Waals surface area (Å²) in [7, 11) is -1.95. The van der Waals surface area contributed by atoms with Gasteiger partial charge in [0.05, 0.1) is 7.11 Å². The molecule has 2 rings (SSSR count). The van der Waals surface area contributed by atoms with Gasteiger partial charge in [0.2, 0.25) is 19.3 Å². The number of hydrogen-bond donors (Lipinski definition) is 1. The quantitative estimate of drug-likeness (QED) is 0.778. The van der Waals surface area contributed by atoms with E-state index in [0.717, 1.165) is 17.6 Å². The van der Waals surface area contributed by atoms with E-state index in [-0.39, 0.29) is 9.47 Å². The molecule has 0 saturated heterocycles. The minimum Gasteiger partial charge on any atom is -0.493 e. The third kappa shape index (κ3) is 4.39. The molecule has 2 aromatic rings. The largest absolute Gasteiger partial charge is 0.493 e. The van der Waals surface area contributed by atoms with Crippen LogP contribution in [-0.4, -0.2) is 44.0 Å². The molecule has 0 aliphatic rings. The number of para-hydroxylation sites is 2. The van der Waals surface area contributed by atoms with Crippen molar-refractivity contribution in [3.63, 3.8) is 0 Å². The first-order chi connectivity index (χ1) is 10.8. The molecule has 0 unspecified atom stereocenters. The van der Waals surface area contributed by atoms with Gasteiger partial charge in [0, 0.05) is 6.26 Å². The summed E-state index contributed by atoms with van der Waals surface area (Å²) in [6.07, 6.45) is 0.184. The Morgan fingerprint density at radius 1 is 1.26 bits per heavy atom. The van der Waals surface area contributed by atoms with Gasteiger partial charge in [-0.15, -0.1) is 10.2 Å². The number of rotatable bonds is 6. The second-order valence-corrected chi connectivity index (χ2v) is 7.71. The van der Waals surface area contributed by atoms with Gasteiger partial charge in [0.15, 0.2) is 17.6 Å². The maximum Gasteiger partial charge on any atom is 0.266 e. The third-order valence-corrected chi connectivity index (χ3v) is 5.20. The number of hydrogen-bond acceptors (Lipinski definition) is 8. The van der Waals surface area contributed by atoms with Crippen LogP contribution in [0, 0.1) is 0 Å². The number of nitrogens with one attached hydrogen (secondary N) is 1. The van der Waals surface area contributed by atoms with E-state index in [0.29, 0.717) is 11.5 Å². The number of benzene rings is 1. The van der Waals surface area contributed by atoms with Crippen molar-refractivity contribution < 1.29 is 22.7 Å². The Morgan fingerprint density at radius 2 is 1.91 bits per heavy atom. The third-order valence-electron chi connectivity index (χ3n) is 2.70. The Balaban J connectivity index is 2.04. The molecule has 23 heavy (non-hydrogen) atoms. The van der Waals surface area contributed by atoms with Gasteiger partial charge in [-0.2, -0.15) is 0 Å². The van der Waals surface area contributed by atoms with Crippen molar-refractivity contribution >= 4 is 32.2 Å². The fourth-order valence-electron chi connectivity index (χ4n) is 1.58. The first-order valence-electron chi connectivity index (χ1n) is 6.45. The number of methoxy groups -OCH3 is 1. The van der Waals surface area contributed by atoms with Crippen LogP contribution < -0.4 is 14.8 Å². The molecule has 8 nitrogen and oxygen atoms in total. The van der Waals surface area contributed by atoms with Crippen LogP contribution in [0.1, 0.15) is 6.92 Å². The molecule has 0 fully saturated rings. The smallest absolute Gasteiger partial charge is 0.266 e. The van der Waals surface area contributed by atoms with Crippen molar-refractivity contribution in [1.29, 1.82) is 0 Å². The molecular formula is C13H15N3O5S2. The summed E-state index contributed by atoms with van der Waals surface area (Å²) in [5.41, 5.74) is 0. The molecule has 124 valence electrons. The zero-order valence-corrected chi connectivity index (χ0v) is 14.3. The molecular weight excluding hydrogens is 342 g/mol. The highest BCUT2D eigenvalue weighted by Gasteiger charge is 2.20. The van der Waals surface area contributed by atoms with Crippen molar-refractivity contribution in [1.82, 2.24) is 10.2 Å². The number of anilines is 1. The standard InChI is InChI=1S/C13H15N3O5S2/c1-8(21-10-7-5-4-6-9(10)20-2)11(17)14-12-15-16-13(22-12)23(3,18)19/h4-8H,1-3H3,(H,14,15,17)/t8-/m1/s1. The highest BCUT2D eigenvalue weighted by atomic mass is 32.2. The Bertz CT molecular complexity index is 803. The van der Waals surface area contributed by atoms with Crippen LogP contribution in [0.2, 0.25) is 0 Å². The number of aromatic nitrogens is 2. The van der Waals surface area contributed by atoms with E-state index < -0.39 is 21.8 Å². The van der Waals surface area contributed by atoms with Crippen LogP contribution in [0.25, 0.3) is 0 Å². The van der Waals surface area contributed by atoms with Crippen LogP contribution in [0.4, 0.5) is 5.13 Å². The number of sulfone groups is 1. The summed E-state index contributed by atoms with van der Waals surface area (Å²) >= 11 is 0.777. The zero-order valence-electron chi connectivity index (χ0n) is 12.6. The van der Waals surface area contributed by atoms with Gasteiger partial charge in [-0.3, -0.25) is 10.1 Å². The average Bonchev–Trinajstić information content (AvgIpc) is 2.96. The van der Waals surface area contributed by atoms with Gasteiger partial charge in [0.25, 0.3) is 5.91 Å². The van der Waals surface area contributed by atoms with Gasteiger partial charge in [-0.1, -0.05) is 23.5 Å². The number of carbonyl (C=O) groups is 1. The maximum atomic E-state index is 12.1. The number of carbonyl (C=O) groups excluding carboxylic acids is 1. The van der Waals surface area contributed by atoms with E-state index in [2.05, 4.69) is 15.5 Å². The summed E-state index contributed by atoms with van der Waals surface area (Å²) in [5, 5.41) is 9.70. The predicted octanol–water partition coefficient (Wildman–Crippen LogP) is 1.36. The average molecular weight is 357 g/mol. The second-order valence-electron chi connectivity index (χ2n) is 4.55. The summed E-state index contributed by atoms with van der Waals surface area (Å²) in [4.78, 5) is 12.1. The second kappa shape index (κ2) is 6.92. The van der Waals surface area contributed by atoms with Gasteiger partial charge in [0.1, 0.15) is 0 Å². The number of nitrogens with zero attached hydrogens (tertiary/aromatic N) is 2. The van der Waals surface area contributed by atoms with Gasteiger partial charge >= 0.3 is 0 Å². The van der Waals surface area contributed by atoms with Gasteiger partial charge < -0.3 is 9.47 Å². The molecule has 1 N–H and O–H groups in total. The SMILES string of the molecule is COc1ccccc1O[C@H](C)C(=O)Nc1nnc(S(C)(=O)=O)s1. The minimum absolute atomic E-state index is 0.0888. The molecule has 0 radical (unpaired) electrons. The van der Waals surface area contributed by atoms with E-state index in [1.54, 1.807) is 31.2 Å². The molecule has 1 heterocycles. The molecule has 0 saturated carbocycles. The first kappa shape index (κ1) is 17.2. The molecule has 0 aliphatic carbocycles. The molecule has 0 bridgehead atoms. The van der Waals surface area contributed by atoms with E-state index >= 15 is 0 Å². The highest BCUT2D eigenvalue weighted by Crippen LogP contribution is 2.27. The highest BCUT2D eigenvalue weighted by molar-refractivity contribution is 7.92. The number of ether oxygens (including phenoxy) is 2. The molecule has 1 amide bonds. The van der Waals surface area contributed by atoms with E-state index in [1.165, 1.54) is 7.11 Å². The lowest BCUT2D eigenvalue weighted by atomic mass is 10.3. The Morgan fingerprint density at radius 3 is 2.48 bits per heavy atom. The normalized spacial score (nSPS) is 12.5. The molecule has 1 aromatic heterocycles. The summed E-state index contributed by atoms with van der Waals surface area (Å²) in [6.45, 7) is 1.56. The lowest BCUT2D eigenvalue weighted by Gasteiger charge is -2.15. The van der Waals surface area contributed by atoms with E-state index in [1.807, 2.05) is 0 Å². The zero-order chi connectivity index (χ0) is 17.0. The van der Waals surface area contributed by atoms with E-state index in [9.17, 15) is 13.2 Å². The fraction of sp³-hybridized carbons (Fsp3) is 0.308. The predicted molar refractivity (Wildman–Crippen MR) is 84.7 cm³/mol. The molecule has 1 aromatic carbocycles. The monoisotopic (exact) mass is 357 g/mol. The Hall–Kier alpha value is -2.20.